The van der Waals surface area contributed by atoms with Gasteiger partial charge in [0.05, 0.1) is 0 Å². The first-order valence-corrected chi connectivity index (χ1v) is 11.1. The molecule has 0 atom stereocenters. The summed E-state index contributed by atoms with van der Waals surface area (Å²) in [4.78, 5) is 0. The molecule has 0 saturated carbocycles. The average molecular weight is 189 g/mol. The first kappa shape index (κ1) is 5.35. The van der Waals surface area contributed by atoms with Crippen LogP contribution in [0.15, 0.2) is 0 Å². The van der Waals surface area contributed by atoms with E-state index in [9.17, 15) is 0 Å². The van der Waals surface area contributed by atoms with Gasteiger partial charge in [-0.3, -0.25) is 0 Å². The Bertz CT molecular complexity index is 8.00. The van der Waals surface area contributed by atoms with Crippen molar-refractivity contribution in [2.75, 3.05) is 0 Å². The van der Waals surface area contributed by atoms with Crippen LogP contribution in [-0.4, -0.2) is 0 Å². The fraction of sp³-hybridized carbons (Fsp3) is 1.00. The van der Waals surface area contributed by atoms with Crippen molar-refractivity contribution in [2.45, 2.75) is 7.72 Å². The Morgan fingerprint density at radius 3 is 1.00 bits per heavy atom. The molecule has 1 heteroatoms. The number of rotatable bonds is 0. The molecule has 0 saturated heterocycles. The van der Waals surface area contributed by atoms with E-state index >= 15 is 0 Å². The molecule has 0 spiro atoms. The van der Waals surface area contributed by atoms with E-state index in [4.69, 9.17) is 0 Å². The molecule has 0 rings (SSSR count). The molecule has 0 aliphatic heterocycles. The molecule has 25 valence electrons. The van der Waals surface area contributed by atoms with E-state index in [0.29, 0.717) is 0 Å². The normalized spacial score (nSPS) is 6.75. The number of hydrogen-bond acceptors (Lipinski definition) is 0. The topological polar surface area (TPSA) is 0 Å². The van der Waals surface area contributed by atoms with E-state index in [2.05, 4.69) is 7.72 Å². The van der Waals surface area contributed by atoms with Crippen LogP contribution in [0.1, 0.15) is 0 Å². The van der Waals surface area contributed by atoms with Gasteiger partial charge in [0.25, 0.3) is 0 Å². The first-order chi connectivity index (χ1) is 1.73. The summed E-state index contributed by atoms with van der Waals surface area (Å²) in [5.74, 6) is 0. The third kappa shape index (κ3) is 10.1. The Balaban J connectivity index is 2.32. The van der Waals surface area contributed by atoms with Crippen LogP contribution in [0.2, 0.25) is 7.72 Å². The van der Waals surface area contributed by atoms with Gasteiger partial charge in [0, 0.05) is 0 Å². The van der Waals surface area contributed by atoms with Crippen molar-refractivity contribution in [3.05, 3.63) is 0 Å². The molecule has 0 aromatic carbocycles. The van der Waals surface area contributed by atoms with Gasteiger partial charge in [-0.05, 0) is 0 Å². The summed E-state index contributed by atoms with van der Waals surface area (Å²) in [5.41, 5.74) is 0. The summed E-state index contributed by atoms with van der Waals surface area (Å²) >= 11 is -0.657. The predicted octanol–water partition coefficient (Wildman–Crippen LogP) is 1.75. The SMILES string of the molecule is [CH3][Nd]([CH3])[CH3]. The quantitative estimate of drug-likeness (QED) is 0.544. The predicted molar refractivity (Wildman–Crippen MR) is 17.6 cm³/mol. The zero-order valence-electron chi connectivity index (χ0n) is 3.50. The van der Waals surface area contributed by atoms with Gasteiger partial charge in [0.1, 0.15) is 0 Å². The minimum absolute atomic E-state index is 0.657. The first-order valence-electron chi connectivity index (χ1n) is 1.50. The molecule has 0 nitrogen and oxygen atoms in total. The van der Waals surface area contributed by atoms with E-state index in [1.54, 1.807) is 0 Å². The molecule has 0 heterocycles. The van der Waals surface area contributed by atoms with Crippen LogP contribution in [0.25, 0.3) is 0 Å². The summed E-state index contributed by atoms with van der Waals surface area (Å²) in [6.07, 6.45) is 0. The van der Waals surface area contributed by atoms with Crippen molar-refractivity contribution >= 4 is 0 Å². The second-order valence-electron chi connectivity index (χ2n) is 1.50. The van der Waals surface area contributed by atoms with Gasteiger partial charge in [0.2, 0.25) is 0 Å². The second-order valence-corrected chi connectivity index (χ2v) is 11.1. The van der Waals surface area contributed by atoms with Crippen LogP contribution in [0.4, 0.5) is 0 Å². The molecule has 0 aliphatic carbocycles. The van der Waals surface area contributed by atoms with Crippen LogP contribution in [0.5, 0.6) is 0 Å². The Labute approximate surface area is 41.8 Å². The fourth-order valence-corrected chi connectivity index (χ4v) is 0. The van der Waals surface area contributed by atoms with Gasteiger partial charge in [-0.15, -0.1) is 0 Å². The van der Waals surface area contributed by atoms with Crippen molar-refractivity contribution in [2.24, 2.45) is 0 Å². The third-order valence-electron chi connectivity index (χ3n) is 0. The summed E-state index contributed by atoms with van der Waals surface area (Å²) < 4.78 is 7.14. The monoisotopic (exact) mass is 187 g/mol. The molecule has 0 amide bonds. The Kier molecular flexibility index (Phi) is 3.45. The van der Waals surface area contributed by atoms with Gasteiger partial charge in [-0.2, -0.15) is 0 Å². The average Bonchev–Trinajstić information content (AvgIpc) is 0.811. The van der Waals surface area contributed by atoms with Crippen LogP contribution >= 0.6 is 0 Å². The summed E-state index contributed by atoms with van der Waals surface area (Å²) in [6, 6.07) is 0. The third-order valence-corrected chi connectivity index (χ3v) is 0. The van der Waals surface area contributed by atoms with Crippen molar-refractivity contribution in [1.29, 1.82) is 0 Å². The maximum atomic E-state index is 2.38. The van der Waals surface area contributed by atoms with Crippen molar-refractivity contribution in [1.82, 2.24) is 0 Å². The molecule has 0 N–H and O–H groups in total. The molecule has 0 fully saturated rings. The molecular weight excluding hydrogens is 180 g/mol. The van der Waals surface area contributed by atoms with Gasteiger partial charge in [-0.25, -0.2) is 0 Å². The zero-order valence-corrected chi connectivity index (χ0v) is 6.71. The zero-order chi connectivity index (χ0) is 3.58. The van der Waals surface area contributed by atoms with E-state index < -0.39 is 34.6 Å². The molecule has 0 aromatic heterocycles. The van der Waals surface area contributed by atoms with Crippen LogP contribution in [0, 0.1) is 34.6 Å². The van der Waals surface area contributed by atoms with Gasteiger partial charge in [0.15, 0.2) is 0 Å². The van der Waals surface area contributed by atoms with Crippen molar-refractivity contribution < 1.29 is 34.6 Å². The molecule has 0 bridgehead atoms. The van der Waals surface area contributed by atoms with E-state index in [0.717, 1.165) is 0 Å². The van der Waals surface area contributed by atoms with Crippen molar-refractivity contribution in [3.8, 4) is 0 Å². The Hall–Kier alpha value is 1.35. The molecule has 0 aromatic rings. The standard InChI is InChI=1S/3CH3.Nd/h3*1H3;. The molecule has 0 unspecified atom stereocenters. The Morgan fingerprint density at radius 1 is 1.00 bits per heavy atom. The fourth-order valence-electron chi connectivity index (χ4n) is 0. The van der Waals surface area contributed by atoms with Crippen LogP contribution < -0.4 is 0 Å². The van der Waals surface area contributed by atoms with Gasteiger partial charge < -0.3 is 0 Å². The summed E-state index contributed by atoms with van der Waals surface area (Å²) in [7, 11) is 0. The van der Waals surface area contributed by atoms with Gasteiger partial charge >= 0.3 is 42.4 Å². The molecule has 4 heavy (non-hydrogen) atoms. The minimum atomic E-state index is -0.657. The molecular formula is C3H9Nd. The molecule has 0 radical (unpaired) electrons. The van der Waals surface area contributed by atoms with E-state index in [1.807, 2.05) is 0 Å². The summed E-state index contributed by atoms with van der Waals surface area (Å²) in [6.45, 7) is 0. The maximum absolute atomic E-state index is 2.38. The van der Waals surface area contributed by atoms with Crippen LogP contribution in [0.3, 0.4) is 0 Å². The Morgan fingerprint density at radius 2 is 1.00 bits per heavy atom. The molecule has 0 aliphatic rings. The van der Waals surface area contributed by atoms with Crippen LogP contribution in [-0.2, 0) is 0 Å². The van der Waals surface area contributed by atoms with Crippen molar-refractivity contribution in [3.63, 3.8) is 0 Å². The number of hydrogen-bond donors (Lipinski definition) is 0. The van der Waals surface area contributed by atoms with E-state index in [-0.39, 0.29) is 0 Å². The van der Waals surface area contributed by atoms with Gasteiger partial charge in [-0.1, -0.05) is 0 Å². The summed E-state index contributed by atoms with van der Waals surface area (Å²) in [5, 5.41) is 0. The second kappa shape index (κ2) is 2.58. The van der Waals surface area contributed by atoms with E-state index in [1.165, 1.54) is 0 Å².